The first-order valence-corrected chi connectivity index (χ1v) is 8.18. The topological polar surface area (TPSA) is 32.3 Å². The predicted molar refractivity (Wildman–Crippen MR) is 81.2 cm³/mol. The number of hydrogen-bond donors (Lipinski definition) is 1. The van der Waals surface area contributed by atoms with Gasteiger partial charge in [0.15, 0.2) is 0 Å². The van der Waals surface area contributed by atoms with Crippen molar-refractivity contribution in [2.45, 2.75) is 38.6 Å². The molecular formula is C14H21ClN2OS. The highest BCUT2D eigenvalue weighted by molar-refractivity contribution is 7.17. The number of hydrogen-bond acceptors (Lipinski definition) is 3. The Hall–Kier alpha value is -0.580. The Kier molecular flexibility index (Phi) is 5.67. The monoisotopic (exact) mass is 300 g/mol. The molecule has 106 valence electrons. The number of nitrogens with one attached hydrogen (secondary N) is 1. The Bertz CT molecular complexity index is 415. The van der Waals surface area contributed by atoms with Crippen LogP contribution in [0.1, 0.15) is 42.3 Å². The van der Waals surface area contributed by atoms with Crippen LogP contribution in [0.2, 0.25) is 4.34 Å². The maximum atomic E-state index is 12.5. The number of carbonyl (C=O) groups is 1. The SMILES string of the molecule is CCCN(CC1CCCCN1)C(=O)c1ccc(Cl)s1. The number of halogens is 1. The average Bonchev–Trinajstić information content (AvgIpc) is 2.85. The second-order valence-corrected chi connectivity index (χ2v) is 6.72. The van der Waals surface area contributed by atoms with Gasteiger partial charge in [0.05, 0.1) is 9.21 Å². The molecule has 1 unspecified atom stereocenters. The third-order valence-corrected chi connectivity index (χ3v) is 4.64. The molecule has 0 saturated carbocycles. The summed E-state index contributed by atoms with van der Waals surface area (Å²) in [6.07, 6.45) is 4.66. The zero-order valence-corrected chi connectivity index (χ0v) is 12.9. The molecular weight excluding hydrogens is 280 g/mol. The summed E-state index contributed by atoms with van der Waals surface area (Å²) in [5.74, 6) is 0.117. The third-order valence-electron chi connectivity index (χ3n) is 3.42. The molecule has 1 atom stereocenters. The number of nitrogens with zero attached hydrogens (tertiary/aromatic N) is 1. The van der Waals surface area contributed by atoms with Crippen LogP contribution in [0, 0.1) is 0 Å². The Morgan fingerprint density at radius 2 is 2.37 bits per heavy atom. The highest BCUT2D eigenvalue weighted by Gasteiger charge is 2.21. The number of rotatable bonds is 5. The lowest BCUT2D eigenvalue weighted by Gasteiger charge is -2.30. The molecule has 19 heavy (non-hydrogen) atoms. The van der Waals surface area contributed by atoms with Crippen LogP contribution < -0.4 is 5.32 Å². The quantitative estimate of drug-likeness (QED) is 0.904. The highest BCUT2D eigenvalue weighted by Crippen LogP contribution is 2.23. The zero-order valence-electron chi connectivity index (χ0n) is 11.3. The summed E-state index contributed by atoms with van der Waals surface area (Å²) >= 11 is 7.28. The molecule has 1 fully saturated rings. The lowest BCUT2D eigenvalue weighted by molar-refractivity contribution is 0.0736. The standard InChI is InChI=1S/C14H21ClN2OS/c1-2-9-17(10-11-5-3-4-8-16-11)14(18)12-6-7-13(15)19-12/h6-7,11,16H,2-5,8-10H2,1H3. The van der Waals surface area contributed by atoms with Crippen molar-refractivity contribution < 1.29 is 4.79 Å². The summed E-state index contributed by atoms with van der Waals surface area (Å²) < 4.78 is 0.676. The van der Waals surface area contributed by atoms with Crippen molar-refractivity contribution >= 4 is 28.8 Å². The molecule has 1 aliphatic rings. The largest absolute Gasteiger partial charge is 0.336 e. The van der Waals surface area contributed by atoms with E-state index in [1.807, 2.05) is 11.0 Å². The van der Waals surface area contributed by atoms with Gasteiger partial charge in [-0.2, -0.15) is 0 Å². The minimum atomic E-state index is 0.117. The maximum Gasteiger partial charge on any atom is 0.264 e. The van der Waals surface area contributed by atoms with Crippen LogP contribution in [0.25, 0.3) is 0 Å². The molecule has 0 radical (unpaired) electrons. The van der Waals surface area contributed by atoms with Gasteiger partial charge in [-0.25, -0.2) is 0 Å². The van der Waals surface area contributed by atoms with Crippen LogP contribution in [-0.2, 0) is 0 Å². The van der Waals surface area contributed by atoms with Crippen LogP contribution >= 0.6 is 22.9 Å². The Labute approximate surface area is 123 Å². The van der Waals surface area contributed by atoms with E-state index < -0.39 is 0 Å². The van der Waals surface area contributed by atoms with Gasteiger partial charge in [-0.15, -0.1) is 11.3 Å². The van der Waals surface area contributed by atoms with E-state index in [1.165, 1.54) is 30.6 Å². The summed E-state index contributed by atoms with van der Waals surface area (Å²) in [7, 11) is 0. The molecule has 1 amide bonds. The van der Waals surface area contributed by atoms with Crippen LogP contribution in [0.15, 0.2) is 12.1 Å². The van der Waals surface area contributed by atoms with E-state index in [4.69, 9.17) is 11.6 Å². The second-order valence-electron chi connectivity index (χ2n) is 5.00. The van der Waals surface area contributed by atoms with Crippen molar-refractivity contribution in [3.05, 3.63) is 21.3 Å². The first-order chi connectivity index (χ1) is 9.20. The first-order valence-electron chi connectivity index (χ1n) is 6.98. The van der Waals surface area contributed by atoms with E-state index in [0.717, 1.165) is 30.9 Å². The fourth-order valence-electron chi connectivity index (χ4n) is 2.48. The number of thiophene rings is 1. The predicted octanol–water partition coefficient (Wildman–Crippen LogP) is 3.40. The van der Waals surface area contributed by atoms with Crippen LogP contribution in [0.3, 0.4) is 0 Å². The van der Waals surface area contributed by atoms with Gasteiger partial charge in [-0.1, -0.05) is 24.9 Å². The molecule has 0 aromatic carbocycles. The van der Waals surface area contributed by atoms with Crippen molar-refractivity contribution in [3.8, 4) is 0 Å². The molecule has 1 N–H and O–H groups in total. The molecule has 5 heteroatoms. The normalized spacial score (nSPS) is 19.4. The summed E-state index contributed by atoms with van der Waals surface area (Å²) in [6.45, 7) is 4.80. The van der Waals surface area contributed by atoms with Gasteiger partial charge in [0.25, 0.3) is 5.91 Å². The van der Waals surface area contributed by atoms with Crippen molar-refractivity contribution in [3.63, 3.8) is 0 Å². The lowest BCUT2D eigenvalue weighted by Crippen LogP contribution is -2.45. The van der Waals surface area contributed by atoms with Gasteiger partial charge in [0.1, 0.15) is 0 Å². The minimum Gasteiger partial charge on any atom is -0.336 e. The molecule has 0 bridgehead atoms. The Morgan fingerprint density at radius 1 is 1.53 bits per heavy atom. The van der Waals surface area contributed by atoms with Crippen molar-refractivity contribution in [1.82, 2.24) is 10.2 Å². The first kappa shape index (κ1) is 14.8. The molecule has 1 aliphatic heterocycles. The van der Waals surface area contributed by atoms with Crippen molar-refractivity contribution in [1.29, 1.82) is 0 Å². The van der Waals surface area contributed by atoms with Gasteiger partial charge in [0, 0.05) is 19.1 Å². The van der Waals surface area contributed by atoms with Crippen LogP contribution in [-0.4, -0.2) is 36.5 Å². The van der Waals surface area contributed by atoms with E-state index in [-0.39, 0.29) is 5.91 Å². The number of amides is 1. The Morgan fingerprint density at radius 3 is 2.95 bits per heavy atom. The molecule has 0 aliphatic carbocycles. The van der Waals surface area contributed by atoms with Gasteiger partial charge in [-0.05, 0) is 37.9 Å². The van der Waals surface area contributed by atoms with E-state index >= 15 is 0 Å². The van der Waals surface area contributed by atoms with Gasteiger partial charge >= 0.3 is 0 Å². The maximum absolute atomic E-state index is 12.5. The molecule has 1 saturated heterocycles. The van der Waals surface area contributed by atoms with E-state index in [0.29, 0.717) is 10.4 Å². The molecule has 3 nitrogen and oxygen atoms in total. The van der Waals surface area contributed by atoms with Gasteiger partial charge in [0.2, 0.25) is 0 Å². The fraction of sp³-hybridized carbons (Fsp3) is 0.643. The Balaban J connectivity index is 1.99. The van der Waals surface area contributed by atoms with Crippen LogP contribution in [0.4, 0.5) is 0 Å². The van der Waals surface area contributed by atoms with E-state index in [2.05, 4.69) is 12.2 Å². The van der Waals surface area contributed by atoms with E-state index in [9.17, 15) is 4.79 Å². The summed E-state index contributed by atoms with van der Waals surface area (Å²) in [5, 5.41) is 3.50. The molecule has 0 spiro atoms. The summed E-state index contributed by atoms with van der Waals surface area (Å²) in [6, 6.07) is 4.06. The summed E-state index contributed by atoms with van der Waals surface area (Å²) in [5.41, 5.74) is 0. The minimum absolute atomic E-state index is 0.117. The van der Waals surface area contributed by atoms with Crippen LogP contribution in [0.5, 0.6) is 0 Å². The van der Waals surface area contributed by atoms with Crippen molar-refractivity contribution in [2.24, 2.45) is 0 Å². The zero-order chi connectivity index (χ0) is 13.7. The van der Waals surface area contributed by atoms with Crippen molar-refractivity contribution in [2.75, 3.05) is 19.6 Å². The number of piperidine rings is 1. The van der Waals surface area contributed by atoms with Gasteiger partial charge < -0.3 is 10.2 Å². The molecule has 1 aromatic heterocycles. The lowest BCUT2D eigenvalue weighted by atomic mass is 10.0. The highest BCUT2D eigenvalue weighted by atomic mass is 35.5. The van der Waals surface area contributed by atoms with E-state index in [1.54, 1.807) is 6.07 Å². The molecule has 2 heterocycles. The fourth-order valence-corrected chi connectivity index (χ4v) is 3.49. The summed E-state index contributed by atoms with van der Waals surface area (Å²) in [4.78, 5) is 15.2. The average molecular weight is 301 g/mol. The second kappa shape index (κ2) is 7.27. The molecule has 2 rings (SSSR count). The number of carbonyl (C=O) groups excluding carboxylic acids is 1. The third kappa shape index (κ3) is 4.20. The molecule has 1 aromatic rings. The van der Waals surface area contributed by atoms with Gasteiger partial charge in [-0.3, -0.25) is 4.79 Å². The smallest absolute Gasteiger partial charge is 0.264 e.